The van der Waals surface area contributed by atoms with Gasteiger partial charge in [-0.05, 0) is 32.1 Å². The molecule has 0 saturated heterocycles. The third-order valence-electron chi connectivity index (χ3n) is 8.77. The minimum atomic E-state index is -1.15. The fourth-order valence-corrected chi connectivity index (χ4v) is 5.41. The lowest BCUT2D eigenvalue weighted by Crippen LogP contribution is -2.41. The number of urea groups is 1. The van der Waals surface area contributed by atoms with Crippen molar-refractivity contribution in [3.05, 3.63) is 0 Å². The second-order valence-corrected chi connectivity index (χ2v) is 13.9. The topological polar surface area (TPSA) is 209 Å². The number of aliphatic hydroxyl groups excluding tert-OH is 1. The summed E-state index contributed by atoms with van der Waals surface area (Å²) >= 11 is 0. The average Bonchev–Trinajstić information content (AvgIpc) is 3.15. The monoisotopic (exact) mass is 773 g/mol. The molecule has 0 aromatic rings. The van der Waals surface area contributed by atoms with Crippen molar-refractivity contribution in [1.82, 2.24) is 21.3 Å². The summed E-state index contributed by atoms with van der Waals surface area (Å²) in [6.07, 6.45) is 22.2. The first-order chi connectivity index (χ1) is 26.2. The zero-order valence-electron chi connectivity index (χ0n) is 33.9. The maximum Gasteiger partial charge on any atom is 0.326 e. The third kappa shape index (κ3) is 38.6. The van der Waals surface area contributed by atoms with E-state index in [0.29, 0.717) is 58.7 Å². The molecule has 0 bridgehead atoms. The summed E-state index contributed by atoms with van der Waals surface area (Å²) in [6.45, 7) is 5.85. The van der Waals surface area contributed by atoms with Crippen LogP contribution in [0, 0.1) is 5.92 Å². The second kappa shape index (κ2) is 41.1. The molecule has 6 N–H and O–H groups in total. The zero-order chi connectivity index (χ0) is 40.5. The Labute approximate surface area is 325 Å². The molecule has 0 aliphatic carbocycles. The van der Waals surface area contributed by atoms with Crippen LogP contribution in [0.4, 0.5) is 4.79 Å². The van der Waals surface area contributed by atoms with Gasteiger partial charge in [0.25, 0.3) is 0 Å². The van der Waals surface area contributed by atoms with Crippen LogP contribution in [0.5, 0.6) is 0 Å². The Kier molecular flexibility index (Phi) is 40.3. The predicted octanol–water partition coefficient (Wildman–Crippen LogP) is 5.62. The Morgan fingerprint density at radius 1 is 0.574 bits per heavy atom. The van der Waals surface area contributed by atoms with Gasteiger partial charge in [0.2, 0.25) is 11.8 Å². The lowest BCUT2D eigenvalue weighted by atomic mass is 10.0. The number of carboxylic acid groups (broad SMARTS) is 1. The van der Waals surface area contributed by atoms with Crippen LogP contribution in [0.2, 0.25) is 0 Å². The number of carbonyl (C=O) groups is 6. The van der Waals surface area contributed by atoms with Crippen LogP contribution in [0.25, 0.3) is 0 Å². The Balaban J connectivity index is 0. The van der Waals surface area contributed by atoms with Crippen LogP contribution < -0.4 is 21.3 Å². The van der Waals surface area contributed by atoms with Gasteiger partial charge in [0.05, 0.1) is 19.8 Å². The Bertz CT molecular complexity index is 952. The first-order valence-corrected chi connectivity index (χ1v) is 20.5. The molecule has 0 rings (SSSR count). The highest BCUT2D eigenvalue weighted by molar-refractivity contribution is 5.84. The minimum absolute atomic E-state index is 0.00752. The predicted molar refractivity (Wildman–Crippen MR) is 211 cm³/mol. The molecular weight excluding hydrogens is 696 g/mol. The highest BCUT2D eigenvalue weighted by atomic mass is 16.5. The number of carbonyl (C=O) groups excluding carboxylic acids is 5. The van der Waals surface area contributed by atoms with Gasteiger partial charge in [-0.1, -0.05) is 104 Å². The molecule has 0 heterocycles. The Morgan fingerprint density at radius 2 is 1.06 bits per heavy atom. The first kappa shape index (κ1) is 53.0. The number of unbranched alkanes of at least 4 members (excludes halogenated alkanes) is 17. The van der Waals surface area contributed by atoms with E-state index in [2.05, 4.69) is 21.3 Å². The van der Waals surface area contributed by atoms with Crippen molar-refractivity contribution in [2.75, 3.05) is 53.2 Å². The highest BCUT2D eigenvalue weighted by Crippen LogP contribution is 2.14. The molecule has 1 atom stereocenters. The zero-order valence-corrected chi connectivity index (χ0v) is 33.9. The van der Waals surface area contributed by atoms with Gasteiger partial charge in [0.1, 0.15) is 18.9 Å². The fraction of sp³-hybridized carbons (Fsp3) is 0.850. The van der Waals surface area contributed by atoms with Crippen LogP contribution >= 0.6 is 0 Å². The molecule has 0 fully saturated rings. The number of ketones is 1. The molecule has 0 aromatic heterocycles. The number of hydrogen-bond acceptors (Lipinski definition) is 9. The van der Waals surface area contributed by atoms with E-state index in [1.807, 2.05) is 13.8 Å². The minimum Gasteiger partial charge on any atom is -0.480 e. The number of nitrogens with one attached hydrogen (secondary N) is 4. The van der Waals surface area contributed by atoms with E-state index in [-0.39, 0.29) is 55.4 Å². The molecular formula is C40H76N4O10. The van der Waals surface area contributed by atoms with E-state index in [9.17, 15) is 33.9 Å². The molecule has 316 valence electrons. The van der Waals surface area contributed by atoms with Crippen molar-refractivity contribution in [3.63, 3.8) is 0 Å². The molecule has 0 radical (unpaired) electrons. The van der Waals surface area contributed by atoms with Gasteiger partial charge in [-0.25, -0.2) is 9.59 Å². The number of Topliss-reactive ketones (excluding diaryl/α,β-unsaturated/α-hetero) is 1. The number of aldehydes is 1. The SMILES string of the molecule is CC(C)C(=O)COCCOCCNC(=O)NCCCCNC(=O)CC[C@H](NC(=O)CCCCCCCCCCCCCCCCCCC=O)C(=O)O.CO. The molecule has 0 saturated carbocycles. The van der Waals surface area contributed by atoms with Crippen molar-refractivity contribution >= 4 is 35.9 Å². The van der Waals surface area contributed by atoms with Crippen LogP contribution in [-0.4, -0.2) is 105 Å². The molecule has 0 aromatic carbocycles. The lowest BCUT2D eigenvalue weighted by Gasteiger charge is -2.14. The van der Waals surface area contributed by atoms with E-state index in [1.165, 1.54) is 70.6 Å². The number of hydrogen-bond donors (Lipinski definition) is 6. The Morgan fingerprint density at radius 3 is 1.57 bits per heavy atom. The van der Waals surface area contributed by atoms with Gasteiger partial charge in [0.15, 0.2) is 5.78 Å². The van der Waals surface area contributed by atoms with Crippen molar-refractivity contribution in [2.45, 2.75) is 161 Å². The number of rotatable bonds is 38. The van der Waals surface area contributed by atoms with Crippen LogP contribution in [0.3, 0.4) is 0 Å². The van der Waals surface area contributed by atoms with E-state index >= 15 is 0 Å². The van der Waals surface area contributed by atoms with Gasteiger partial charge in [0, 0.05) is 51.9 Å². The van der Waals surface area contributed by atoms with Gasteiger partial charge in [-0.15, -0.1) is 0 Å². The second-order valence-electron chi connectivity index (χ2n) is 13.9. The molecule has 0 spiro atoms. The Hall–Kier alpha value is -3.10. The summed E-state index contributed by atoms with van der Waals surface area (Å²) in [5.41, 5.74) is 0. The number of amides is 4. The summed E-state index contributed by atoms with van der Waals surface area (Å²) < 4.78 is 10.6. The van der Waals surface area contributed by atoms with Crippen molar-refractivity contribution < 1.29 is 48.5 Å². The quantitative estimate of drug-likeness (QED) is 0.0337. The van der Waals surface area contributed by atoms with Crippen molar-refractivity contribution in [1.29, 1.82) is 0 Å². The summed E-state index contributed by atoms with van der Waals surface area (Å²) in [5, 5.41) is 27.2. The van der Waals surface area contributed by atoms with Gasteiger partial charge in [-0.2, -0.15) is 0 Å². The van der Waals surface area contributed by atoms with Crippen LogP contribution in [-0.2, 0) is 33.4 Å². The maximum atomic E-state index is 12.3. The van der Waals surface area contributed by atoms with E-state index in [4.69, 9.17) is 14.6 Å². The molecule has 14 heteroatoms. The van der Waals surface area contributed by atoms with E-state index in [1.54, 1.807) is 0 Å². The van der Waals surface area contributed by atoms with Gasteiger partial charge < -0.3 is 45.7 Å². The molecule has 0 unspecified atom stereocenters. The standard InChI is InChI=1S/C39H72N4O9.CH4O/c1-33(2)35(45)32-52-31-30-51-29-27-42-39(50)41-26-20-19-25-40-36(46)24-23-34(38(48)49)43-37(47)22-18-16-14-12-10-8-6-4-3-5-7-9-11-13-15-17-21-28-44;1-2/h28,33-34H,3-27,29-32H2,1-2H3,(H,40,46)(H,43,47)(H,48,49)(H2,41,42,50);2H,1H3/t34-;/m0./s1. The van der Waals surface area contributed by atoms with Gasteiger partial charge >= 0.3 is 12.0 Å². The average molecular weight is 773 g/mol. The molecule has 0 aliphatic heterocycles. The molecule has 14 nitrogen and oxygen atoms in total. The summed E-state index contributed by atoms with van der Waals surface area (Å²) in [5.74, 6) is -1.73. The smallest absolute Gasteiger partial charge is 0.326 e. The summed E-state index contributed by atoms with van der Waals surface area (Å²) in [6, 6.07) is -1.41. The molecule has 4 amide bonds. The number of carboxylic acids is 1. The molecule has 54 heavy (non-hydrogen) atoms. The van der Waals surface area contributed by atoms with Crippen LogP contribution in [0.1, 0.15) is 155 Å². The third-order valence-corrected chi connectivity index (χ3v) is 8.77. The maximum absolute atomic E-state index is 12.3. The van der Waals surface area contributed by atoms with E-state index in [0.717, 1.165) is 45.5 Å². The normalized spacial score (nSPS) is 11.3. The van der Waals surface area contributed by atoms with Crippen molar-refractivity contribution in [2.24, 2.45) is 5.92 Å². The number of aliphatic hydroxyl groups is 1. The largest absolute Gasteiger partial charge is 0.480 e. The fourth-order valence-electron chi connectivity index (χ4n) is 5.41. The van der Waals surface area contributed by atoms with Crippen molar-refractivity contribution in [3.8, 4) is 0 Å². The highest BCUT2D eigenvalue weighted by Gasteiger charge is 2.20. The lowest BCUT2D eigenvalue weighted by molar-refractivity contribution is -0.142. The molecule has 0 aliphatic rings. The van der Waals surface area contributed by atoms with Crippen LogP contribution in [0.15, 0.2) is 0 Å². The summed E-state index contributed by atoms with van der Waals surface area (Å²) in [4.78, 5) is 69.7. The van der Waals surface area contributed by atoms with E-state index < -0.39 is 12.0 Å². The number of aliphatic carboxylic acids is 1. The number of ether oxygens (including phenoxy) is 2. The van der Waals surface area contributed by atoms with Gasteiger partial charge in [-0.3, -0.25) is 14.4 Å². The summed E-state index contributed by atoms with van der Waals surface area (Å²) in [7, 11) is 1.00. The first-order valence-electron chi connectivity index (χ1n) is 20.5.